The highest BCUT2D eigenvalue weighted by Crippen LogP contribution is 2.46. The summed E-state index contributed by atoms with van der Waals surface area (Å²) in [5.74, 6) is 2.90. The zero-order valence-electron chi connectivity index (χ0n) is 23.8. The molecule has 4 N–H and O–H groups in total. The van der Waals surface area contributed by atoms with Gasteiger partial charge in [0, 0.05) is 27.6 Å². The number of benzene rings is 3. The van der Waals surface area contributed by atoms with E-state index in [-0.39, 0.29) is 6.23 Å². The predicted octanol–water partition coefficient (Wildman–Crippen LogP) is 6.88. The van der Waals surface area contributed by atoms with E-state index in [0.29, 0.717) is 12.1 Å². The quantitative estimate of drug-likeness (QED) is 0.182. The molecule has 1 unspecified atom stereocenters. The number of aromatic nitrogens is 5. The molecule has 0 amide bonds. The van der Waals surface area contributed by atoms with Gasteiger partial charge in [0.1, 0.15) is 17.4 Å². The summed E-state index contributed by atoms with van der Waals surface area (Å²) in [5, 5.41) is 8.25. The van der Waals surface area contributed by atoms with Crippen LogP contribution in [0.4, 0.5) is 0 Å². The van der Waals surface area contributed by atoms with Crippen molar-refractivity contribution in [2.45, 2.75) is 44.0 Å². The summed E-state index contributed by atoms with van der Waals surface area (Å²) in [5.41, 5.74) is 8.74. The highest BCUT2D eigenvalue weighted by molar-refractivity contribution is 5.92. The van der Waals surface area contributed by atoms with Gasteiger partial charge < -0.3 is 29.9 Å². The monoisotopic (exact) mass is 567 g/mol. The number of ether oxygens (including phenoxy) is 1. The molecule has 0 spiro atoms. The Morgan fingerprint density at radius 3 is 2.07 bits per heavy atom. The Kier molecular flexibility index (Phi) is 5.77. The van der Waals surface area contributed by atoms with Crippen LogP contribution < -0.4 is 15.4 Å². The molecule has 3 atom stereocenters. The van der Waals surface area contributed by atoms with E-state index in [0.717, 1.165) is 88.2 Å². The Labute approximate surface area is 249 Å². The molecule has 0 aliphatic carbocycles. The summed E-state index contributed by atoms with van der Waals surface area (Å²) >= 11 is 0. The van der Waals surface area contributed by atoms with Crippen molar-refractivity contribution in [1.82, 2.24) is 35.1 Å². The van der Waals surface area contributed by atoms with Crippen LogP contribution in [0.5, 0.6) is 5.75 Å². The molecule has 214 valence electrons. The summed E-state index contributed by atoms with van der Waals surface area (Å²) in [7, 11) is 0. The van der Waals surface area contributed by atoms with Crippen molar-refractivity contribution >= 4 is 10.9 Å². The fourth-order valence-corrected chi connectivity index (χ4v) is 7.03. The van der Waals surface area contributed by atoms with Gasteiger partial charge in [0.15, 0.2) is 0 Å². The number of aromatic amines is 2. The molecular formula is C35H33N7O. The first-order valence-electron chi connectivity index (χ1n) is 15.4. The SMILES string of the molecule is c1ccc([C@@H]2Oc3cc(-c4cnc(C5CCCN5)[nH]4)ccc3-c3cc4cc(-c5cnc([C@@H]6CCCN6)[nH]5)ccc4n32)cc1. The number of rotatable bonds is 5. The minimum atomic E-state index is -0.283. The highest BCUT2D eigenvalue weighted by Gasteiger charge is 2.30. The number of H-pyrrole nitrogens is 2. The molecule has 2 saturated heterocycles. The number of hydrogen-bond donors (Lipinski definition) is 4. The molecular weight excluding hydrogens is 534 g/mol. The van der Waals surface area contributed by atoms with Crippen molar-refractivity contribution in [3.05, 3.63) is 102 Å². The average Bonchev–Trinajstić information content (AvgIpc) is 3.89. The molecule has 3 aromatic carbocycles. The van der Waals surface area contributed by atoms with Gasteiger partial charge in [0.2, 0.25) is 6.23 Å². The first-order chi connectivity index (χ1) is 21.3. The lowest BCUT2D eigenvalue weighted by molar-refractivity contribution is 0.173. The normalized spacial score (nSPS) is 21.2. The minimum Gasteiger partial charge on any atom is -0.465 e. The molecule has 6 aromatic rings. The molecule has 0 saturated carbocycles. The van der Waals surface area contributed by atoms with Crippen molar-refractivity contribution in [1.29, 1.82) is 0 Å². The van der Waals surface area contributed by atoms with E-state index in [4.69, 9.17) is 14.7 Å². The van der Waals surface area contributed by atoms with E-state index in [1.165, 1.54) is 18.2 Å². The number of imidazole rings is 2. The second-order valence-electron chi connectivity index (χ2n) is 11.9. The van der Waals surface area contributed by atoms with Gasteiger partial charge in [0.05, 0.1) is 47.1 Å². The van der Waals surface area contributed by atoms with Crippen molar-refractivity contribution < 1.29 is 4.74 Å². The molecule has 43 heavy (non-hydrogen) atoms. The molecule has 0 radical (unpaired) electrons. The first kappa shape index (κ1) is 24.9. The number of nitrogens with zero attached hydrogens (tertiary/aromatic N) is 3. The smallest absolute Gasteiger partial charge is 0.203 e. The Morgan fingerprint density at radius 2 is 1.40 bits per heavy atom. The van der Waals surface area contributed by atoms with E-state index in [2.05, 4.69) is 91.9 Å². The lowest BCUT2D eigenvalue weighted by Crippen LogP contribution is -2.22. The topological polar surface area (TPSA) is 95.6 Å². The summed E-state index contributed by atoms with van der Waals surface area (Å²) in [6.45, 7) is 2.10. The fraction of sp³-hybridized carbons (Fsp3) is 0.257. The summed E-state index contributed by atoms with van der Waals surface area (Å²) in [6.07, 6.45) is 8.24. The van der Waals surface area contributed by atoms with Crippen molar-refractivity contribution in [2.24, 2.45) is 0 Å². The number of fused-ring (bicyclic) bond motifs is 5. The largest absolute Gasteiger partial charge is 0.465 e. The molecule has 9 rings (SSSR count). The fourth-order valence-electron chi connectivity index (χ4n) is 7.03. The molecule has 0 bridgehead atoms. The maximum absolute atomic E-state index is 6.85. The lowest BCUT2D eigenvalue weighted by atomic mass is 10.0. The Hall–Kier alpha value is -4.66. The molecule has 3 aliphatic rings. The van der Waals surface area contributed by atoms with Crippen LogP contribution in [0.2, 0.25) is 0 Å². The van der Waals surface area contributed by atoms with Crippen LogP contribution in [0.25, 0.3) is 44.7 Å². The summed E-state index contributed by atoms with van der Waals surface area (Å²) in [6, 6.07) is 26.6. The highest BCUT2D eigenvalue weighted by atomic mass is 16.5. The van der Waals surface area contributed by atoms with E-state index in [9.17, 15) is 0 Å². The van der Waals surface area contributed by atoms with Crippen molar-refractivity contribution in [3.8, 4) is 39.5 Å². The zero-order valence-corrected chi connectivity index (χ0v) is 23.8. The van der Waals surface area contributed by atoms with Gasteiger partial charge in [-0.1, -0.05) is 42.5 Å². The minimum absolute atomic E-state index is 0.283. The Morgan fingerprint density at radius 1 is 0.721 bits per heavy atom. The van der Waals surface area contributed by atoms with E-state index in [1.54, 1.807) is 0 Å². The van der Waals surface area contributed by atoms with Gasteiger partial charge in [-0.15, -0.1) is 0 Å². The third-order valence-corrected chi connectivity index (χ3v) is 9.25. The number of nitrogens with one attached hydrogen (secondary N) is 4. The van der Waals surface area contributed by atoms with Gasteiger partial charge in [-0.3, -0.25) is 0 Å². The van der Waals surface area contributed by atoms with Crippen LogP contribution in [0.3, 0.4) is 0 Å². The maximum atomic E-state index is 6.85. The molecule has 8 heteroatoms. The molecule has 8 nitrogen and oxygen atoms in total. The predicted molar refractivity (Wildman–Crippen MR) is 168 cm³/mol. The van der Waals surface area contributed by atoms with Crippen LogP contribution in [0, 0.1) is 0 Å². The zero-order chi connectivity index (χ0) is 28.3. The number of hydrogen-bond acceptors (Lipinski definition) is 5. The van der Waals surface area contributed by atoms with Crippen molar-refractivity contribution in [3.63, 3.8) is 0 Å². The average molecular weight is 568 g/mol. The van der Waals surface area contributed by atoms with Crippen molar-refractivity contribution in [2.75, 3.05) is 13.1 Å². The van der Waals surface area contributed by atoms with E-state index < -0.39 is 0 Å². The molecule has 2 fully saturated rings. The van der Waals surface area contributed by atoms with Gasteiger partial charge >= 0.3 is 0 Å². The molecule has 3 aromatic heterocycles. The van der Waals surface area contributed by atoms with E-state index >= 15 is 0 Å². The van der Waals surface area contributed by atoms with Crippen LogP contribution in [-0.4, -0.2) is 37.6 Å². The van der Waals surface area contributed by atoms with Gasteiger partial charge in [0.25, 0.3) is 0 Å². The third-order valence-electron chi connectivity index (χ3n) is 9.25. The van der Waals surface area contributed by atoms with Crippen LogP contribution in [0.1, 0.15) is 61.2 Å². The van der Waals surface area contributed by atoms with Crippen LogP contribution >= 0.6 is 0 Å². The molecule has 6 heterocycles. The third kappa shape index (κ3) is 4.20. The maximum Gasteiger partial charge on any atom is 0.203 e. The lowest BCUT2D eigenvalue weighted by Gasteiger charge is -2.30. The van der Waals surface area contributed by atoms with Crippen LogP contribution in [-0.2, 0) is 0 Å². The van der Waals surface area contributed by atoms with E-state index in [1.807, 2.05) is 18.5 Å². The summed E-state index contributed by atoms with van der Waals surface area (Å²) < 4.78 is 9.18. The molecule has 3 aliphatic heterocycles. The first-order valence-corrected chi connectivity index (χ1v) is 15.4. The Balaban J connectivity index is 1.13. The van der Waals surface area contributed by atoms with Crippen LogP contribution in [0.15, 0.2) is 85.2 Å². The standard InChI is InChI=1S/C35H33N7O/c1-2-6-21(7-3-1)35-42-30-13-11-22(28-19-38-33(40-28)26-8-4-14-36-26)16-24(30)17-31(42)25-12-10-23(18-32(25)43-35)29-20-39-34(41-29)27-9-5-15-37-27/h1-3,6-7,10-13,16-20,26-27,35-37H,4-5,8-9,14-15H2,(H,38,40)(H,39,41)/t26-,27?,35-/m0/s1. The van der Waals surface area contributed by atoms with Gasteiger partial charge in [-0.05, 0) is 69.1 Å². The summed E-state index contributed by atoms with van der Waals surface area (Å²) in [4.78, 5) is 16.5. The Bertz CT molecular complexity index is 1940. The second-order valence-corrected chi connectivity index (χ2v) is 11.9. The van der Waals surface area contributed by atoms with Gasteiger partial charge in [-0.25, -0.2) is 9.97 Å². The van der Waals surface area contributed by atoms with Gasteiger partial charge in [-0.2, -0.15) is 0 Å². The second kappa shape index (κ2) is 9.97.